The van der Waals surface area contributed by atoms with Crippen LogP contribution in [-0.4, -0.2) is 23.8 Å². The molecule has 58 valence electrons. The summed E-state index contributed by atoms with van der Waals surface area (Å²) in [5, 5.41) is 0. The third-order valence-electron chi connectivity index (χ3n) is 2.24. The molecule has 1 aliphatic carbocycles. The van der Waals surface area contributed by atoms with Crippen LogP contribution in [0.25, 0.3) is 0 Å². The van der Waals surface area contributed by atoms with Gasteiger partial charge in [-0.1, -0.05) is 15.9 Å². The van der Waals surface area contributed by atoms with Crippen molar-refractivity contribution < 1.29 is 9.47 Å². The van der Waals surface area contributed by atoms with Crippen LogP contribution in [0.3, 0.4) is 0 Å². The van der Waals surface area contributed by atoms with E-state index in [1.165, 1.54) is 12.8 Å². The lowest BCUT2D eigenvalue weighted by Gasteiger charge is -2.24. The molecule has 0 N–H and O–H groups in total. The summed E-state index contributed by atoms with van der Waals surface area (Å²) in [7, 11) is 0. The predicted octanol–water partition coefficient (Wildman–Crippen LogP) is 1.68. The third-order valence-corrected chi connectivity index (χ3v) is 3.39. The zero-order valence-corrected chi connectivity index (χ0v) is 7.39. The maximum absolute atomic E-state index is 5.54. The first-order valence-electron chi connectivity index (χ1n) is 3.75. The molecule has 2 aliphatic rings. The molecule has 0 aromatic carbocycles. The van der Waals surface area contributed by atoms with Gasteiger partial charge >= 0.3 is 0 Å². The molecule has 0 aromatic rings. The first-order valence-corrected chi connectivity index (χ1v) is 4.67. The first kappa shape index (κ1) is 7.07. The fraction of sp³-hybridized carbons (Fsp3) is 1.00. The van der Waals surface area contributed by atoms with Crippen molar-refractivity contribution in [3.63, 3.8) is 0 Å². The molecule has 2 nitrogen and oxygen atoms in total. The van der Waals surface area contributed by atoms with Gasteiger partial charge in [0.1, 0.15) is 0 Å². The lowest BCUT2D eigenvalue weighted by atomic mass is 10.2. The van der Waals surface area contributed by atoms with Crippen LogP contribution in [0.1, 0.15) is 19.3 Å². The van der Waals surface area contributed by atoms with Crippen LogP contribution in [0.15, 0.2) is 0 Å². The van der Waals surface area contributed by atoms with Gasteiger partial charge < -0.3 is 9.47 Å². The molecule has 0 unspecified atom stereocenters. The lowest BCUT2D eigenvalue weighted by Crippen LogP contribution is -2.34. The van der Waals surface area contributed by atoms with Crippen LogP contribution in [-0.2, 0) is 9.47 Å². The minimum absolute atomic E-state index is 0.236. The number of rotatable bonds is 0. The van der Waals surface area contributed by atoms with Gasteiger partial charge in [0, 0.05) is 6.42 Å². The summed E-state index contributed by atoms with van der Waals surface area (Å²) < 4.78 is 11.1. The fourth-order valence-corrected chi connectivity index (χ4v) is 2.52. The van der Waals surface area contributed by atoms with Gasteiger partial charge in [-0.2, -0.15) is 0 Å². The SMILES string of the molecule is Br[C@@H]1CCCC12OCCO2. The summed E-state index contributed by atoms with van der Waals surface area (Å²) >= 11 is 3.57. The Morgan fingerprint density at radius 1 is 1.30 bits per heavy atom. The minimum atomic E-state index is -0.236. The van der Waals surface area contributed by atoms with Crippen molar-refractivity contribution in [1.82, 2.24) is 0 Å². The summed E-state index contributed by atoms with van der Waals surface area (Å²) in [4.78, 5) is 0.419. The summed E-state index contributed by atoms with van der Waals surface area (Å²) in [6.45, 7) is 1.53. The van der Waals surface area contributed by atoms with E-state index in [0.29, 0.717) is 4.83 Å². The Morgan fingerprint density at radius 3 is 2.50 bits per heavy atom. The van der Waals surface area contributed by atoms with Crippen molar-refractivity contribution in [2.75, 3.05) is 13.2 Å². The van der Waals surface area contributed by atoms with Crippen molar-refractivity contribution in [3.8, 4) is 0 Å². The summed E-state index contributed by atoms with van der Waals surface area (Å²) in [6, 6.07) is 0. The number of alkyl halides is 1. The van der Waals surface area contributed by atoms with Gasteiger partial charge in [-0.15, -0.1) is 0 Å². The summed E-state index contributed by atoms with van der Waals surface area (Å²) in [6.07, 6.45) is 3.46. The minimum Gasteiger partial charge on any atom is -0.346 e. The van der Waals surface area contributed by atoms with Crippen molar-refractivity contribution in [2.24, 2.45) is 0 Å². The zero-order chi connectivity index (χ0) is 7.03. The van der Waals surface area contributed by atoms with E-state index in [2.05, 4.69) is 15.9 Å². The summed E-state index contributed by atoms with van der Waals surface area (Å²) in [5.41, 5.74) is 0. The molecule has 0 aromatic heterocycles. The van der Waals surface area contributed by atoms with Crippen molar-refractivity contribution in [1.29, 1.82) is 0 Å². The van der Waals surface area contributed by atoms with Gasteiger partial charge in [0.05, 0.1) is 18.0 Å². The second-order valence-corrected chi connectivity index (χ2v) is 3.97. The number of halogens is 1. The topological polar surface area (TPSA) is 18.5 Å². The van der Waals surface area contributed by atoms with E-state index in [9.17, 15) is 0 Å². The van der Waals surface area contributed by atoms with Gasteiger partial charge in [0.2, 0.25) is 0 Å². The Morgan fingerprint density at radius 2 is 2.00 bits per heavy atom. The van der Waals surface area contributed by atoms with Crippen LogP contribution >= 0.6 is 15.9 Å². The van der Waals surface area contributed by atoms with Gasteiger partial charge in [0.15, 0.2) is 5.79 Å². The molecular formula is C7H11BrO2. The highest BCUT2D eigenvalue weighted by atomic mass is 79.9. The molecule has 1 atom stereocenters. The van der Waals surface area contributed by atoms with Gasteiger partial charge in [-0.25, -0.2) is 0 Å². The number of hydrogen-bond acceptors (Lipinski definition) is 2. The highest BCUT2D eigenvalue weighted by Crippen LogP contribution is 2.41. The van der Waals surface area contributed by atoms with Crippen LogP contribution in [0.5, 0.6) is 0 Å². The molecule has 1 spiro atoms. The van der Waals surface area contributed by atoms with Crippen molar-refractivity contribution in [3.05, 3.63) is 0 Å². The van der Waals surface area contributed by atoms with Crippen LogP contribution in [0.2, 0.25) is 0 Å². The quantitative estimate of drug-likeness (QED) is 0.562. The predicted molar refractivity (Wildman–Crippen MR) is 41.2 cm³/mol. The Kier molecular flexibility index (Phi) is 1.74. The Labute approximate surface area is 69.0 Å². The smallest absolute Gasteiger partial charge is 0.180 e. The average Bonchev–Trinajstić information content (AvgIpc) is 2.48. The van der Waals surface area contributed by atoms with E-state index < -0.39 is 0 Å². The normalized spacial score (nSPS) is 37.5. The number of ether oxygens (including phenoxy) is 2. The molecule has 1 aliphatic heterocycles. The third kappa shape index (κ3) is 0.917. The molecule has 1 saturated heterocycles. The highest BCUT2D eigenvalue weighted by molar-refractivity contribution is 9.09. The molecular weight excluding hydrogens is 196 g/mol. The highest BCUT2D eigenvalue weighted by Gasteiger charge is 2.46. The van der Waals surface area contributed by atoms with E-state index in [0.717, 1.165) is 19.6 Å². The Balaban J connectivity index is 2.11. The second kappa shape index (κ2) is 2.47. The number of hydrogen-bond donors (Lipinski definition) is 0. The average molecular weight is 207 g/mol. The Bertz CT molecular complexity index is 126. The van der Waals surface area contributed by atoms with E-state index in [1.54, 1.807) is 0 Å². The van der Waals surface area contributed by atoms with Crippen LogP contribution < -0.4 is 0 Å². The van der Waals surface area contributed by atoms with E-state index in [4.69, 9.17) is 9.47 Å². The molecule has 0 bridgehead atoms. The molecule has 1 saturated carbocycles. The fourth-order valence-electron chi connectivity index (χ4n) is 1.70. The van der Waals surface area contributed by atoms with E-state index in [-0.39, 0.29) is 5.79 Å². The van der Waals surface area contributed by atoms with Crippen LogP contribution in [0.4, 0.5) is 0 Å². The standard InChI is InChI=1S/C7H11BrO2/c8-6-2-1-3-7(6)9-4-5-10-7/h6H,1-5H2/t6-/m1/s1. The Hall–Kier alpha value is 0.400. The monoisotopic (exact) mass is 206 g/mol. The molecule has 3 heteroatoms. The first-order chi connectivity index (χ1) is 4.83. The molecule has 2 rings (SSSR count). The summed E-state index contributed by atoms with van der Waals surface area (Å²) in [5.74, 6) is -0.236. The van der Waals surface area contributed by atoms with E-state index in [1.807, 2.05) is 0 Å². The van der Waals surface area contributed by atoms with Gasteiger partial charge in [-0.3, -0.25) is 0 Å². The molecule has 1 heterocycles. The largest absolute Gasteiger partial charge is 0.346 e. The molecule has 0 radical (unpaired) electrons. The lowest BCUT2D eigenvalue weighted by molar-refractivity contribution is -0.144. The molecule has 10 heavy (non-hydrogen) atoms. The second-order valence-electron chi connectivity index (χ2n) is 2.87. The molecule has 0 amide bonds. The van der Waals surface area contributed by atoms with Gasteiger partial charge in [0.25, 0.3) is 0 Å². The van der Waals surface area contributed by atoms with Crippen molar-refractivity contribution >= 4 is 15.9 Å². The zero-order valence-electron chi connectivity index (χ0n) is 5.81. The van der Waals surface area contributed by atoms with Crippen LogP contribution in [0, 0.1) is 0 Å². The van der Waals surface area contributed by atoms with Gasteiger partial charge in [-0.05, 0) is 12.8 Å². The molecule has 2 fully saturated rings. The maximum Gasteiger partial charge on any atom is 0.180 e. The van der Waals surface area contributed by atoms with E-state index >= 15 is 0 Å². The van der Waals surface area contributed by atoms with Crippen molar-refractivity contribution in [2.45, 2.75) is 29.9 Å². The maximum atomic E-state index is 5.54.